The molecule has 1 fully saturated rings. The van der Waals surface area contributed by atoms with E-state index < -0.39 is 5.92 Å². The number of carbonyl (C=O) groups is 1. The summed E-state index contributed by atoms with van der Waals surface area (Å²) in [5, 5.41) is 15.4. The highest BCUT2D eigenvalue weighted by molar-refractivity contribution is 6.05. The molecule has 1 saturated carbocycles. The molecule has 6 aromatic rings. The summed E-state index contributed by atoms with van der Waals surface area (Å²) in [5.41, 5.74) is 5.56. The molecule has 1 aliphatic carbocycles. The lowest BCUT2D eigenvalue weighted by atomic mass is 9.99. The molecular weight excluding hydrogens is 550 g/mol. The van der Waals surface area contributed by atoms with Crippen LogP contribution < -0.4 is 0 Å². The van der Waals surface area contributed by atoms with Gasteiger partial charge >= 0.3 is 0 Å². The first kappa shape index (κ1) is 27.2. The number of rotatable bonds is 8. The summed E-state index contributed by atoms with van der Waals surface area (Å²) in [6, 6.07) is 11.1. The molecule has 9 nitrogen and oxygen atoms in total. The fourth-order valence-corrected chi connectivity index (χ4v) is 6.03. The quantitative estimate of drug-likeness (QED) is 0.187. The Morgan fingerprint density at radius 1 is 0.977 bits per heavy atom. The topological polar surface area (TPSA) is 88.3 Å². The Labute approximate surface area is 246 Å². The number of nitrogens with zero attached hydrogens (tertiary/aromatic N) is 8. The Balaban J connectivity index is 1.41. The van der Waals surface area contributed by atoms with E-state index in [0.29, 0.717) is 29.2 Å². The van der Waals surface area contributed by atoms with Crippen LogP contribution in [0.25, 0.3) is 50.3 Å². The van der Waals surface area contributed by atoms with Gasteiger partial charge in [0.1, 0.15) is 11.5 Å². The minimum atomic E-state index is -2.99. The van der Waals surface area contributed by atoms with Crippen LogP contribution in [0.3, 0.4) is 0 Å². The summed E-state index contributed by atoms with van der Waals surface area (Å²) in [6.45, 7) is 3.32. The minimum absolute atomic E-state index is 0.0341. The number of carbonyl (C=O) groups excluding carboxylic acids is 1. The Hall–Kier alpha value is -4.67. The highest BCUT2D eigenvalue weighted by atomic mass is 19.3. The van der Waals surface area contributed by atoms with Crippen LogP contribution in [-0.2, 0) is 27.1 Å². The molecule has 43 heavy (non-hydrogen) atoms. The van der Waals surface area contributed by atoms with Crippen molar-refractivity contribution in [3.63, 3.8) is 0 Å². The summed E-state index contributed by atoms with van der Waals surface area (Å²) in [5.74, 6) is -1.55. The van der Waals surface area contributed by atoms with Crippen LogP contribution in [0.4, 0.5) is 8.78 Å². The summed E-state index contributed by atoms with van der Waals surface area (Å²) < 4.78 is 35.7. The van der Waals surface area contributed by atoms with E-state index in [1.165, 1.54) is 24.7 Å². The van der Waals surface area contributed by atoms with Gasteiger partial charge in [0.05, 0.1) is 16.7 Å². The van der Waals surface area contributed by atoms with Gasteiger partial charge in [-0.15, -0.1) is 0 Å². The van der Waals surface area contributed by atoms with Gasteiger partial charge in [-0.2, -0.15) is 24.1 Å². The van der Waals surface area contributed by atoms with E-state index in [2.05, 4.69) is 14.8 Å². The van der Waals surface area contributed by atoms with Gasteiger partial charge in [-0.1, -0.05) is 26.0 Å². The molecular formula is C32H32F2N8O. The SMILES string of the molecule is CCC(=O)c1cc2nn(C)cc2cc1-c1nc(-c2cccc3nn(-c4cc(C(F)(F)CC)n(C)n4)cc23)c(C2CC2)n1C. The molecule has 0 unspecified atom stereocenters. The maximum absolute atomic E-state index is 14.5. The van der Waals surface area contributed by atoms with Gasteiger partial charge in [0.2, 0.25) is 0 Å². The number of aromatic nitrogens is 8. The molecule has 0 amide bonds. The fraction of sp³-hybridized carbons (Fsp3) is 0.344. The predicted molar refractivity (Wildman–Crippen MR) is 161 cm³/mol. The fourth-order valence-electron chi connectivity index (χ4n) is 6.03. The van der Waals surface area contributed by atoms with Crippen LogP contribution in [-0.4, -0.2) is 44.7 Å². The molecule has 220 valence electrons. The molecule has 0 atom stereocenters. The lowest BCUT2D eigenvalue weighted by Gasteiger charge is -2.13. The number of hydrogen-bond donors (Lipinski definition) is 0. The molecule has 0 spiro atoms. The second-order valence-electron chi connectivity index (χ2n) is 11.4. The van der Waals surface area contributed by atoms with Crippen molar-refractivity contribution in [2.45, 2.75) is 51.4 Å². The largest absolute Gasteiger partial charge is 0.330 e. The lowest BCUT2D eigenvalue weighted by molar-refractivity contribution is -0.0164. The van der Waals surface area contributed by atoms with E-state index in [0.717, 1.165) is 57.5 Å². The van der Waals surface area contributed by atoms with E-state index in [1.54, 1.807) is 9.36 Å². The standard InChI is InChI=1S/C32H32F2N8O/c1-6-26(43)21-14-25-19(16-39(3)36-25)13-22(21)31-35-29(30(40(31)4)18-11-12-18)20-9-8-10-24-23(20)17-42(37-24)28-15-27(41(5)38-28)32(33,34)7-2/h8-10,13-18H,6-7,11-12H2,1-5H3. The van der Waals surface area contributed by atoms with Crippen molar-refractivity contribution < 1.29 is 13.6 Å². The molecule has 0 saturated heterocycles. The predicted octanol–water partition coefficient (Wildman–Crippen LogP) is 6.69. The zero-order chi connectivity index (χ0) is 30.2. The van der Waals surface area contributed by atoms with Gasteiger partial charge in [-0.3, -0.25) is 14.2 Å². The Kier molecular flexibility index (Phi) is 6.12. The molecule has 2 aromatic carbocycles. The van der Waals surface area contributed by atoms with Gasteiger partial charge in [0, 0.05) is 91.5 Å². The molecule has 0 aliphatic heterocycles. The summed E-state index contributed by atoms with van der Waals surface area (Å²) in [4.78, 5) is 18.4. The van der Waals surface area contributed by atoms with Crippen molar-refractivity contribution >= 4 is 27.6 Å². The number of fused-ring (bicyclic) bond motifs is 2. The molecule has 1 aliphatic rings. The Morgan fingerprint density at radius 2 is 1.77 bits per heavy atom. The Morgan fingerprint density at radius 3 is 2.49 bits per heavy atom. The number of aryl methyl sites for hydroxylation is 2. The summed E-state index contributed by atoms with van der Waals surface area (Å²) >= 11 is 0. The molecule has 11 heteroatoms. The van der Waals surface area contributed by atoms with Crippen LogP contribution in [0.5, 0.6) is 0 Å². The van der Waals surface area contributed by atoms with Gasteiger partial charge < -0.3 is 4.57 Å². The number of benzene rings is 2. The molecule has 0 N–H and O–H groups in total. The maximum atomic E-state index is 14.5. The van der Waals surface area contributed by atoms with Crippen LogP contribution >= 0.6 is 0 Å². The molecule has 0 bridgehead atoms. The normalized spacial score (nSPS) is 13.9. The highest BCUT2D eigenvalue weighted by Gasteiger charge is 2.35. The van der Waals surface area contributed by atoms with Crippen molar-refractivity contribution in [1.29, 1.82) is 0 Å². The lowest BCUT2D eigenvalue weighted by Crippen LogP contribution is -2.16. The maximum Gasteiger partial charge on any atom is 0.289 e. The van der Waals surface area contributed by atoms with E-state index in [1.807, 2.05) is 63.7 Å². The van der Waals surface area contributed by atoms with Crippen LogP contribution in [0.2, 0.25) is 0 Å². The van der Waals surface area contributed by atoms with Gasteiger partial charge in [-0.25, -0.2) is 9.67 Å². The number of imidazole rings is 1. The number of alkyl halides is 2. The highest BCUT2D eigenvalue weighted by Crippen LogP contribution is 2.47. The first-order chi connectivity index (χ1) is 20.6. The first-order valence-electron chi connectivity index (χ1n) is 14.6. The molecule has 7 rings (SSSR count). The third-order valence-electron chi connectivity index (χ3n) is 8.45. The molecule has 0 radical (unpaired) electrons. The average Bonchev–Trinajstić information content (AvgIpc) is 3.29. The van der Waals surface area contributed by atoms with E-state index in [9.17, 15) is 13.6 Å². The zero-order valence-electron chi connectivity index (χ0n) is 24.8. The number of hydrogen-bond acceptors (Lipinski definition) is 5. The number of halogens is 2. The Bertz CT molecular complexity index is 2060. The number of ketones is 1. The van der Waals surface area contributed by atoms with Crippen LogP contribution in [0.15, 0.2) is 48.8 Å². The second-order valence-corrected chi connectivity index (χ2v) is 11.4. The van der Waals surface area contributed by atoms with Gasteiger partial charge in [-0.05, 0) is 31.0 Å². The van der Waals surface area contributed by atoms with Crippen molar-refractivity contribution in [1.82, 2.24) is 38.9 Å². The number of Topliss-reactive ketones (excluding diaryl/α,β-unsaturated/α-hetero) is 1. The van der Waals surface area contributed by atoms with E-state index in [-0.39, 0.29) is 17.9 Å². The zero-order valence-corrected chi connectivity index (χ0v) is 24.8. The summed E-state index contributed by atoms with van der Waals surface area (Å²) in [7, 11) is 5.40. The summed E-state index contributed by atoms with van der Waals surface area (Å²) in [6.07, 6.45) is 5.95. The smallest absolute Gasteiger partial charge is 0.289 e. The van der Waals surface area contributed by atoms with Crippen molar-refractivity contribution in [3.05, 3.63) is 65.7 Å². The van der Waals surface area contributed by atoms with Gasteiger partial charge in [0.25, 0.3) is 5.92 Å². The van der Waals surface area contributed by atoms with Crippen LogP contribution in [0, 0.1) is 0 Å². The van der Waals surface area contributed by atoms with Crippen LogP contribution in [0.1, 0.15) is 67.2 Å². The first-order valence-corrected chi connectivity index (χ1v) is 14.6. The molecule has 4 heterocycles. The monoisotopic (exact) mass is 582 g/mol. The van der Waals surface area contributed by atoms with E-state index >= 15 is 0 Å². The van der Waals surface area contributed by atoms with Crippen molar-refractivity contribution in [2.24, 2.45) is 21.1 Å². The average molecular weight is 583 g/mol. The van der Waals surface area contributed by atoms with Crippen molar-refractivity contribution in [3.8, 4) is 28.5 Å². The van der Waals surface area contributed by atoms with E-state index in [4.69, 9.17) is 10.1 Å². The molecule has 4 aromatic heterocycles. The third kappa shape index (κ3) is 4.36. The van der Waals surface area contributed by atoms with Gasteiger partial charge in [0.15, 0.2) is 11.6 Å². The minimum Gasteiger partial charge on any atom is -0.330 e. The second kappa shape index (κ2) is 9.68. The third-order valence-corrected chi connectivity index (χ3v) is 8.45. The van der Waals surface area contributed by atoms with Crippen molar-refractivity contribution in [2.75, 3.05) is 0 Å².